The number of aryl methyl sites for hydroxylation is 1. The molecule has 0 aliphatic carbocycles. The largest absolute Gasteiger partial charge is 0.368 e. The van der Waals surface area contributed by atoms with Gasteiger partial charge >= 0.3 is 0 Å². The van der Waals surface area contributed by atoms with E-state index in [9.17, 15) is 9.59 Å². The summed E-state index contributed by atoms with van der Waals surface area (Å²) in [5.41, 5.74) is 0. The van der Waals surface area contributed by atoms with E-state index in [2.05, 4.69) is 31.0 Å². The van der Waals surface area contributed by atoms with Crippen LogP contribution >= 0.6 is 0 Å². The fourth-order valence-electron chi connectivity index (χ4n) is 2.64. The Balaban J connectivity index is 1.47. The van der Waals surface area contributed by atoms with Gasteiger partial charge in [0.15, 0.2) is 5.82 Å². The Bertz CT molecular complexity index is 735. The van der Waals surface area contributed by atoms with Crippen molar-refractivity contribution in [3.05, 3.63) is 30.4 Å². The third kappa shape index (κ3) is 4.52. The first-order chi connectivity index (χ1) is 12.1. The minimum absolute atomic E-state index is 0.0119. The molecule has 0 aromatic carbocycles. The summed E-state index contributed by atoms with van der Waals surface area (Å²) >= 11 is 0. The van der Waals surface area contributed by atoms with Gasteiger partial charge in [-0.25, -0.2) is 14.6 Å². The van der Waals surface area contributed by atoms with Gasteiger partial charge in [0.1, 0.15) is 11.6 Å². The average molecular weight is 343 g/mol. The SMILES string of the molecule is Cc1nc(NCCNC(=O)[C@H]2CCC(=O)NC2)cc(-n2cccn2)n1. The summed E-state index contributed by atoms with van der Waals surface area (Å²) < 4.78 is 1.67. The molecule has 1 aliphatic heterocycles. The molecule has 0 radical (unpaired) electrons. The first-order valence-corrected chi connectivity index (χ1v) is 8.26. The average Bonchev–Trinajstić information content (AvgIpc) is 3.13. The monoisotopic (exact) mass is 343 g/mol. The lowest BCUT2D eigenvalue weighted by atomic mass is 9.98. The van der Waals surface area contributed by atoms with E-state index in [0.29, 0.717) is 49.9 Å². The highest BCUT2D eigenvalue weighted by molar-refractivity contribution is 5.83. The molecule has 1 fully saturated rings. The van der Waals surface area contributed by atoms with E-state index >= 15 is 0 Å². The van der Waals surface area contributed by atoms with Crippen molar-refractivity contribution in [2.45, 2.75) is 19.8 Å². The third-order valence-corrected chi connectivity index (χ3v) is 3.93. The van der Waals surface area contributed by atoms with Gasteiger partial charge in [-0.15, -0.1) is 0 Å². The maximum absolute atomic E-state index is 12.1. The van der Waals surface area contributed by atoms with Crippen LogP contribution in [0.1, 0.15) is 18.7 Å². The van der Waals surface area contributed by atoms with Crippen LogP contribution in [0.2, 0.25) is 0 Å². The Kier molecular flexibility index (Phi) is 5.22. The van der Waals surface area contributed by atoms with Crippen LogP contribution in [0.3, 0.4) is 0 Å². The van der Waals surface area contributed by atoms with E-state index < -0.39 is 0 Å². The normalized spacial score (nSPS) is 17.0. The summed E-state index contributed by atoms with van der Waals surface area (Å²) in [7, 11) is 0. The molecule has 1 saturated heterocycles. The molecule has 2 aromatic heterocycles. The van der Waals surface area contributed by atoms with E-state index in [1.54, 1.807) is 16.9 Å². The number of carbonyl (C=O) groups excluding carboxylic acids is 2. The number of piperidine rings is 1. The molecule has 3 rings (SSSR count). The predicted octanol–water partition coefficient (Wildman–Crippen LogP) is 0.0250. The van der Waals surface area contributed by atoms with Crippen molar-refractivity contribution in [1.82, 2.24) is 30.4 Å². The highest BCUT2D eigenvalue weighted by Crippen LogP contribution is 2.11. The summed E-state index contributed by atoms with van der Waals surface area (Å²) in [6, 6.07) is 3.63. The van der Waals surface area contributed by atoms with Crippen molar-refractivity contribution in [2.24, 2.45) is 5.92 Å². The second-order valence-corrected chi connectivity index (χ2v) is 5.87. The first-order valence-electron chi connectivity index (χ1n) is 8.26. The van der Waals surface area contributed by atoms with Gasteiger partial charge in [0.05, 0.1) is 5.92 Å². The smallest absolute Gasteiger partial charge is 0.224 e. The van der Waals surface area contributed by atoms with Crippen LogP contribution in [0.4, 0.5) is 5.82 Å². The first kappa shape index (κ1) is 16.9. The molecule has 0 bridgehead atoms. The molecule has 1 atom stereocenters. The molecule has 0 saturated carbocycles. The number of hydrogen-bond acceptors (Lipinski definition) is 6. The topological polar surface area (TPSA) is 114 Å². The number of carbonyl (C=O) groups is 2. The molecule has 25 heavy (non-hydrogen) atoms. The van der Waals surface area contributed by atoms with Crippen LogP contribution < -0.4 is 16.0 Å². The van der Waals surface area contributed by atoms with E-state index in [0.717, 1.165) is 0 Å². The Labute approximate surface area is 145 Å². The van der Waals surface area contributed by atoms with Crippen molar-refractivity contribution < 1.29 is 9.59 Å². The van der Waals surface area contributed by atoms with E-state index in [1.807, 2.05) is 19.2 Å². The number of nitrogens with zero attached hydrogens (tertiary/aromatic N) is 4. The Morgan fingerprint density at radius 1 is 1.40 bits per heavy atom. The van der Waals surface area contributed by atoms with Crippen LogP contribution in [0.15, 0.2) is 24.5 Å². The van der Waals surface area contributed by atoms with Crippen molar-refractivity contribution in [1.29, 1.82) is 0 Å². The van der Waals surface area contributed by atoms with Gasteiger partial charge in [-0.3, -0.25) is 9.59 Å². The van der Waals surface area contributed by atoms with Gasteiger partial charge in [-0.05, 0) is 19.4 Å². The highest BCUT2D eigenvalue weighted by atomic mass is 16.2. The Morgan fingerprint density at radius 2 is 2.28 bits per heavy atom. The van der Waals surface area contributed by atoms with Crippen molar-refractivity contribution >= 4 is 17.6 Å². The third-order valence-electron chi connectivity index (χ3n) is 3.93. The van der Waals surface area contributed by atoms with Crippen LogP contribution in [0.5, 0.6) is 0 Å². The summed E-state index contributed by atoms with van der Waals surface area (Å²) in [4.78, 5) is 31.9. The second-order valence-electron chi connectivity index (χ2n) is 5.87. The zero-order valence-corrected chi connectivity index (χ0v) is 14.0. The molecule has 2 amide bonds. The molecule has 0 unspecified atom stereocenters. The lowest BCUT2D eigenvalue weighted by Crippen LogP contribution is -2.43. The van der Waals surface area contributed by atoms with Gasteiger partial charge in [-0.1, -0.05) is 0 Å². The molecule has 3 N–H and O–H groups in total. The van der Waals surface area contributed by atoms with Gasteiger partial charge in [0, 0.05) is 44.5 Å². The number of aromatic nitrogens is 4. The van der Waals surface area contributed by atoms with E-state index in [4.69, 9.17) is 0 Å². The second kappa shape index (κ2) is 7.73. The fourth-order valence-corrected chi connectivity index (χ4v) is 2.64. The summed E-state index contributed by atoms with van der Waals surface area (Å²) in [5.74, 6) is 1.83. The molecule has 132 valence electrons. The van der Waals surface area contributed by atoms with Gasteiger partial charge in [0.2, 0.25) is 11.8 Å². The molecular weight excluding hydrogens is 322 g/mol. The predicted molar refractivity (Wildman–Crippen MR) is 91.1 cm³/mol. The number of amides is 2. The lowest BCUT2D eigenvalue weighted by Gasteiger charge is -2.21. The van der Waals surface area contributed by atoms with Crippen molar-refractivity contribution in [3.63, 3.8) is 0 Å². The highest BCUT2D eigenvalue weighted by Gasteiger charge is 2.23. The van der Waals surface area contributed by atoms with Crippen LogP contribution in [-0.2, 0) is 9.59 Å². The maximum atomic E-state index is 12.1. The number of hydrogen-bond donors (Lipinski definition) is 3. The molecular formula is C16H21N7O2. The standard InChI is InChI=1S/C16H21N7O2/c1-11-21-13(9-14(22-11)23-8-2-5-20-23)17-6-7-18-16(25)12-3-4-15(24)19-10-12/h2,5,8-9,12H,3-4,6-7,10H2,1H3,(H,18,25)(H,19,24)(H,17,21,22)/t12-/m0/s1. The quantitative estimate of drug-likeness (QED) is 0.638. The number of anilines is 1. The number of rotatable bonds is 6. The fraction of sp³-hybridized carbons (Fsp3) is 0.438. The lowest BCUT2D eigenvalue weighted by molar-refractivity contribution is -0.128. The molecule has 9 nitrogen and oxygen atoms in total. The van der Waals surface area contributed by atoms with Gasteiger partial charge < -0.3 is 16.0 Å². The maximum Gasteiger partial charge on any atom is 0.224 e. The molecule has 2 aromatic rings. The summed E-state index contributed by atoms with van der Waals surface area (Å²) in [6.07, 6.45) is 4.51. The Morgan fingerprint density at radius 3 is 3.00 bits per heavy atom. The zero-order chi connectivity index (χ0) is 17.6. The summed E-state index contributed by atoms with van der Waals surface area (Å²) in [6.45, 7) is 3.25. The van der Waals surface area contributed by atoms with Gasteiger partial charge in [0.25, 0.3) is 0 Å². The molecule has 9 heteroatoms. The molecule has 1 aliphatic rings. The van der Waals surface area contributed by atoms with Crippen molar-refractivity contribution in [3.8, 4) is 5.82 Å². The Hall–Kier alpha value is -2.97. The zero-order valence-electron chi connectivity index (χ0n) is 14.0. The summed E-state index contributed by atoms with van der Waals surface area (Å²) in [5, 5.41) is 12.9. The van der Waals surface area contributed by atoms with Gasteiger partial charge in [-0.2, -0.15) is 5.10 Å². The minimum atomic E-state index is -0.148. The van der Waals surface area contributed by atoms with E-state index in [-0.39, 0.29) is 17.7 Å². The van der Waals surface area contributed by atoms with E-state index in [1.165, 1.54) is 0 Å². The van der Waals surface area contributed by atoms with Crippen LogP contribution in [-0.4, -0.2) is 51.2 Å². The minimum Gasteiger partial charge on any atom is -0.368 e. The van der Waals surface area contributed by atoms with Crippen LogP contribution in [0, 0.1) is 12.8 Å². The molecule has 3 heterocycles. The van der Waals surface area contributed by atoms with Crippen molar-refractivity contribution in [2.75, 3.05) is 25.0 Å². The molecule has 0 spiro atoms. The number of nitrogens with one attached hydrogen (secondary N) is 3. The van der Waals surface area contributed by atoms with Crippen LogP contribution in [0.25, 0.3) is 5.82 Å².